The lowest BCUT2D eigenvalue weighted by Crippen LogP contribution is -2.46. The zero-order valence-electron chi connectivity index (χ0n) is 19.8. The van der Waals surface area contributed by atoms with Crippen LogP contribution >= 0.6 is 0 Å². The summed E-state index contributed by atoms with van der Waals surface area (Å²) < 4.78 is 19.4. The maximum atomic E-state index is 14.1. The van der Waals surface area contributed by atoms with Gasteiger partial charge in [-0.25, -0.2) is 14.4 Å². The van der Waals surface area contributed by atoms with E-state index < -0.39 is 0 Å². The third-order valence-electron chi connectivity index (χ3n) is 6.30. The van der Waals surface area contributed by atoms with Gasteiger partial charge in [0.1, 0.15) is 11.6 Å². The summed E-state index contributed by atoms with van der Waals surface area (Å²) in [5, 5.41) is 7.12. The molecule has 0 unspecified atom stereocenters. The predicted octanol–water partition coefficient (Wildman–Crippen LogP) is 4.52. The summed E-state index contributed by atoms with van der Waals surface area (Å²) in [6.45, 7) is 5.91. The van der Waals surface area contributed by atoms with Crippen LogP contribution in [-0.2, 0) is 6.54 Å². The molecule has 1 aliphatic rings. The molecule has 0 saturated carbocycles. The molecule has 2 N–H and O–H groups in total. The van der Waals surface area contributed by atoms with Gasteiger partial charge in [0, 0.05) is 44.5 Å². The van der Waals surface area contributed by atoms with E-state index in [0.717, 1.165) is 54.9 Å². The number of aromatic nitrogens is 5. The Hall–Kier alpha value is -4.31. The Kier molecular flexibility index (Phi) is 5.78. The molecule has 36 heavy (non-hydrogen) atoms. The van der Waals surface area contributed by atoms with Crippen molar-refractivity contribution in [2.75, 3.05) is 36.4 Å². The Morgan fingerprint density at radius 1 is 1.03 bits per heavy atom. The van der Waals surface area contributed by atoms with Crippen molar-refractivity contribution in [3.8, 4) is 11.5 Å². The number of fused-ring (bicyclic) bond motifs is 1. The molecular formula is C26H25FN8O. The van der Waals surface area contributed by atoms with Crippen LogP contribution in [0.2, 0.25) is 0 Å². The van der Waals surface area contributed by atoms with Gasteiger partial charge in [-0.1, -0.05) is 17.3 Å². The van der Waals surface area contributed by atoms with Crippen LogP contribution in [0.5, 0.6) is 0 Å². The van der Waals surface area contributed by atoms with Gasteiger partial charge in [-0.2, -0.15) is 4.98 Å². The summed E-state index contributed by atoms with van der Waals surface area (Å²) in [5.41, 5.74) is 4.33. The highest BCUT2D eigenvalue weighted by atomic mass is 19.1. The van der Waals surface area contributed by atoms with Crippen LogP contribution in [0.15, 0.2) is 65.3 Å². The lowest BCUT2D eigenvalue weighted by molar-refractivity contribution is 0.249. The molecule has 0 bridgehead atoms. The van der Waals surface area contributed by atoms with Crippen LogP contribution in [0.4, 0.5) is 21.8 Å². The molecule has 5 aromatic rings. The number of H-pyrrole nitrogens is 1. The molecule has 3 aromatic heterocycles. The van der Waals surface area contributed by atoms with Gasteiger partial charge in [0.2, 0.25) is 5.95 Å². The van der Waals surface area contributed by atoms with Crippen molar-refractivity contribution in [1.82, 2.24) is 30.0 Å². The number of nitrogens with one attached hydrogen (secondary N) is 2. The number of piperazine rings is 1. The summed E-state index contributed by atoms with van der Waals surface area (Å²) in [7, 11) is 0. The highest BCUT2D eigenvalue weighted by molar-refractivity contribution is 5.82. The summed E-state index contributed by atoms with van der Waals surface area (Å²) in [5.74, 6) is 2.22. The van der Waals surface area contributed by atoms with E-state index in [-0.39, 0.29) is 5.82 Å². The number of anilines is 3. The molecule has 9 nitrogen and oxygen atoms in total. The number of nitrogens with zero attached hydrogens (tertiary/aromatic N) is 6. The average molecular weight is 485 g/mol. The van der Waals surface area contributed by atoms with Gasteiger partial charge >= 0.3 is 0 Å². The molecule has 0 atom stereocenters. The van der Waals surface area contributed by atoms with Crippen molar-refractivity contribution in [2.24, 2.45) is 0 Å². The molecule has 6 rings (SSSR count). The van der Waals surface area contributed by atoms with Crippen molar-refractivity contribution < 1.29 is 8.91 Å². The van der Waals surface area contributed by atoms with Crippen molar-refractivity contribution in [2.45, 2.75) is 13.5 Å². The molecule has 1 aliphatic heterocycles. The van der Waals surface area contributed by atoms with E-state index in [2.05, 4.69) is 40.2 Å². The van der Waals surface area contributed by atoms with Gasteiger partial charge < -0.3 is 19.7 Å². The van der Waals surface area contributed by atoms with Gasteiger partial charge in [0.25, 0.3) is 5.89 Å². The summed E-state index contributed by atoms with van der Waals surface area (Å²) in [6.07, 6.45) is 1.80. The number of hydrogen-bond acceptors (Lipinski definition) is 8. The Labute approximate surface area is 207 Å². The van der Waals surface area contributed by atoms with Gasteiger partial charge in [-0.3, -0.25) is 4.90 Å². The number of pyridine rings is 1. The largest absolute Gasteiger partial charge is 0.367 e. The molecule has 2 aromatic carbocycles. The molecule has 4 heterocycles. The molecule has 1 saturated heterocycles. The first-order chi connectivity index (χ1) is 17.6. The lowest BCUT2D eigenvalue weighted by atomic mass is 10.2. The normalized spacial score (nSPS) is 14.4. The molecule has 1 fully saturated rings. The lowest BCUT2D eigenvalue weighted by Gasteiger charge is -2.36. The standard InChI is InChI=1S/C26H25FN8O/c1-17-29-25(36-33-17)19-6-7-21-22(15-19)31-26(30-21)32-24-14-18(8-9-28-24)16-34-10-12-35(13-11-34)23-5-3-2-4-20(23)27/h2-9,14-15H,10-13,16H2,1H3,(H2,28,30,31,32). The van der Waals surface area contributed by atoms with E-state index in [1.165, 1.54) is 6.07 Å². The number of aryl methyl sites for hydroxylation is 1. The van der Waals surface area contributed by atoms with E-state index >= 15 is 0 Å². The maximum absolute atomic E-state index is 14.1. The monoisotopic (exact) mass is 484 g/mol. The highest BCUT2D eigenvalue weighted by Gasteiger charge is 2.19. The Morgan fingerprint density at radius 2 is 1.89 bits per heavy atom. The molecule has 0 spiro atoms. The minimum Gasteiger partial charge on any atom is -0.367 e. The minimum atomic E-state index is -0.164. The number of hydrogen-bond donors (Lipinski definition) is 2. The number of halogens is 1. The molecule has 0 amide bonds. The van der Waals surface area contributed by atoms with E-state index in [1.54, 1.807) is 19.2 Å². The van der Waals surface area contributed by atoms with E-state index in [0.29, 0.717) is 29.2 Å². The van der Waals surface area contributed by atoms with Crippen molar-refractivity contribution in [1.29, 1.82) is 0 Å². The van der Waals surface area contributed by atoms with Gasteiger partial charge in [-0.05, 0) is 55.0 Å². The van der Waals surface area contributed by atoms with Crippen molar-refractivity contribution >= 4 is 28.5 Å². The smallest absolute Gasteiger partial charge is 0.257 e. The molecule has 0 aliphatic carbocycles. The predicted molar refractivity (Wildman–Crippen MR) is 136 cm³/mol. The zero-order valence-corrected chi connectivity index (χ0v) is 19.8. The minimum absolute atomic E-state index is 0.164. The van der Waals surface area contributed by atoms with Crippen LogP contribution in [0.3, 0.4) is 0 Å². The molecule has 0 radical (unpaired) electrons. The Balaban J connectivity index is 1.11. The van der Waals surface area contributed by atoms with E-state index in [9.17, 15) is 4.39 Å². The third-order valence-corrected chi connectivity index (χ3v) is 6.30. The van der Waals surface area contributed by atoms with Gasteiger partial charge in [0.15, 0.2) is 5.82 Å². The van der Waals surface area contributed by atoms with Crippen LogP contribution in [0.25, 0.3) is 22.5 Å². The fraction of sp³-hybridized carbons (Fsp3) is 0.231. The third kappa shape index (κ3) is 4.63. The van der Waals surface area contributed by atoms with E-state index in [4.69, 9.17) is 4.52 Å². The molecule has 10 heteroatoms. The summed E-state index contributed by atoms with van der Waals surface area (Å²) >= 11 is 0. The number of imidazole rings is 1. The van der Waals surface area contributed by atoms with Gasteiger partial charge in [0.05, 0.1) is 16.7 Å². The Bertz CT molecular complexity index is 1500. The SMILES string of the molecule is Cc1noc(-c2ccc3nc(Nc4cc(CN5CCN(c6ccccc6F)CC5)ccn4)[nH]c3c2)n1. The number of aromatic amines is 1. The zero-order chi connectivity index (χ0) is 24.5. The number of benzene rings is 2. The second kappa shape index (κ2) is 9.38. The highest BCUT2D eigenvalue weighted by Crippen LogP contribution is 2.25. The first-order valence-electron chi connectivity index (χ1n) is 11.8. The van der Waals surface area contributed by atoms with E-state index in [1.807, 2.05) is 42.5 Å². The van der Waals surface area contributed by atoms with Crippen LogP contribution < -0.4 is 10.2 Å². The quantitative estimate of drug-likeness (QED) is 0.363. The van der Waals surface area contributed by atoms with Crippen molar-refractivity contribution in [3.05, 3.63) is 78.0 Å². The molecular weight excluding hydrogens is 459 g/mol. The fourth-order valence-electron chi connectivity index (χ4n) is 4.49. The summed E-state index contributed by atoms with van der Waals surface area (Å²) in [4.78, 5) is 21.1. The second-order valence-corrected chi connectivity index (χ2v) is 8.85. The van der Waals surface area contributed by atoms with Gasteiger partial charge in [-0.15, -0.1) is 0 Å². The van der Waals surface area contributed by atoms with Crippen LogP contribution in [-0.4, -0.2) is 56.2 Å². The Morgan fingerprint density at radius 3 is 2.69 bits per heavy atom. The topological polar surface area (TPSA) is 99.0 Å². The fourth-order valence-corrected chi connectivity index (χ4v) is 4.49. The average Bonchev–Trinajstić information content (AvgIpc) is 3.50. The van der Waals surface area contributed by atoms with Crippen LogP contribution in [0, 0.1) is 12.7 Å². The number of rotatable bonds is 6. The maximum Gasteiger partial charge on any atom is 0.257 e. The molecule has 182 valence electrons. The van der Waals surface area contributed by atoms with Crippen molar-refractivity contribution in [3.63, 3.8) is 0 Å². The number of para-hydroxylation sites is 1. The second-order valence-electron chi connectivity index (χ2n) is 8.85. The van der Waals surface area contributed by atoms with Crippen LogP contribution in [0.1, 0.15) is 11.4 Å². The first-order valence-corrected chi connectivity index (χ1v) is 11.8. The first kappa shape index (κ1) is 22.2. The summed E-state index contributed by atoms with van der Waals surface area (Å²) in [6, 6.07) is 16.8.